The maximum absolute atomic E-state index is 12.6. The molecule has 0 radical (unpaired) electrons. The van der Waals surface area contributed by atoms with Crippen LogP contribution in [-0.2, 0) is 0 Å². The molecular formula is C17H22N2O3. The van der Waals surface area contributed by atoms with Crippen LogP contribution in [0.4, 0.5) is 0 Å². The van der Waals surface area contributed by atoms with E-state index < -0.39 is 0 Å². The summed E-state index contributed by atoms with van der Waals surface area (Å²) < 4.78 is 11.1. The van der Waals surface area contributed by atoms with E-state index in [0.717, 1.165) is 5.75 Å². The van der Waals surface area contributed by atoms with E-state index in [1.807, 2.05) is 12.1 Å². The van der Waals surface area contributed by atoms with Gasteiger partial charge in [-0.2, -0.15) is 0 Å². The molecule has 1 aromatic carbocycles. The van der Waals surface area contributed by atoms with Crippen LogP contribution < -0.4 is 14.8 Å². The minimum atomic E-state index is -0.0115. The van der Waals surface area contributed by atoms with Gasteiger partial charge in [-0.15, -0.1) is 0 Å². The second-order valence-corrected chi connectivity index (χ2v) is 6.47. The molecule has 1 amide bonds. The van der Waals surface area contributed by atoms with Crippen molar-refractivity contribution in [2.75, 3.05) is 26.3 Å². The normalized spacial score (nSPS) is 32.6. The Morgan fingerprint density at radius 3 is 2.64 bits per heavy atom. The summed E-state index contributed by atoms with van der Waals surface area (Å²) in [6.07, 6.45) is 2.38. The first-order valence-corrected chi connectivity index (χ1v) is 8.17. The van der Waals surface area contributed by atoms with Gasteiger partial charge < -0.3 is 14.8 Å². The van der Waals surface area contributed by atoms with E-state index in [0.29, 0.717) is 36.5 Å². The fourth-order valence-corrected chi connectivity index (χ4v) is 3.96. The first-order chi connectivity index (χ1) is 10.7. The number of fused-ring (bicyclic) bond motifs is 4. The number of carbonyl (C=O) groups excluding carboxylic acids is 1. The summed E-state index contributed by atoms with van der Waals surface area (Å²) in [6, 6.07) is 6.10. The zero-order chi connectivity index (χ0) is 15.1. The van der Waals surface area contributed by atoms with Crippen molar-refractivity contribution in [3.8, 4) is 11.5 Å². The van der Waals surface area contributed by atoms with E-state index >= 15 is 0 Å². The van der Waals surface area contributed by atoms with Crippen molar-refractivity contribution in [3.05, 3.63) is 23.8 Å². The third kappa shape index (κ3) is 2.33. The lowest BCUT2D eigenvalue weighted by Gasteiger charge is -2.49. The number of hydrogen-bond acceptors (Lipinski definition) is 4. The summed E-state index contributed by atoms with van der Waals surface area (Å²) in [6.45, 7) is 5.66. The Balaban J connectivity index is 1.50. The average molecular weight is 302 g/mol. The monoisotopic (exact) mass is 302 g/mol. The molecule has 118 valence electrons. The minimum Gasteiger partial charge on any atom is -0.486 e. The van der Waals surface area contributed by atoms with Crippen LogP contribution in [0.3, 0.4) is 0 Å². The van der Waals surface area contributed by atoms with Crippen LogP contribution >= 0.6 is 0 Å². The molecule has 5 rings (SSSR count). The fraction of sp³-hybridized carbons (Fsp3) is 0.588. The molecule has 1 N–H and O–H groups in total. The van der Waals surface area contributed by atoms with Crippen LogP contribution in [0, 0.1) is 5.92 Å². The van der Waals surface area contributed by atoms with E-state index in [4.69, 9.17) is 9.47 Å². The second-order valence-electron chi connectivity index (χ2n) is 6.47. The summed E-state index contributed by atoms with van der Waals surface area (Å²) in [7, 11) is 0. The van der Waals surface area contributed by atoms with Crippen LogP contribution in [-0.4, -0.2) is 49.2 Å². The number of amides is 1. The number of piperidine rings is 3. The summed E-state index contributed by atoms with van der Waals surface area (Å²) in [5, 5.41) is 3.25. The third-order valence-corrected chi connectivity index (χ3v) is 5.28. The molecule has 0 spiro atoms. The third-order valence-electron chi connectivity index (χ3n) is 5.28. The number of rotatable bonds is 2. The molecule has 2 atom stereocenters. The zero-order valence-corrected chi connectivity index (χ0v) is 12.9. The van der Waals surface area contributed by atoms with Gasteiger partial charge in [0.1, 0.15) is 13.2 Å². The maximum atomic E-state index is 12.6. The molecule has 1 aromatic rings. The molecule has 4 aliphatic heterocycles. The summed E-state index contributed by atoms with van der Waals surface area (Å²) >= 11 is 0. The molecule has 0 aromatic heterocycles. The van der Waals surface area contributed by atoms with E-state index in [2.05, 4.69) is 17.1 Å². The standard InChI is InChI=1S/C17H22N2O3/c1-11-16(12-4-6-19(11)7-5-12)18-17(20)13-2-3-14-15(10-13)22-9-8-21-14/h2-3,10-12,16H,4-9H2,1H3,(H,18,20)/t11-,16-/m0/s1. The lowest BCUT2D eigenvalue weighted by Crippen LogP contribution is -2.62. The number of hydrogen-bond donors (Lipinski definition) is 1. The Bertz CT molecular complexity index is 579. The first kappa shape index (κ1) is 13.9. The number of carbonyl (C=O) groups is 1. The molecule has 5 nitrogen and oxygen atoms in total. The van der Waals surface area contributed by atoms with Crippen molar-refractivity contribution in [3.63, 3.8) is 0 Å². The van der Waals surface area contributed by atoms with Gasteiger partial charge in [-0.1, -0.05) is 0 Å². The van der Waals surface area contributed by atoms with E-state index in [1.54, 1.807) is 6.07 Å². The van der Waals surface area contributed by atoms with Gasteiger partial charge in [0.25, 0.3) is 5.91 Å². The molecule has 4 aliphatic rings. The Hall–Kier alpha value is -1.75. The van der Waals surface area contributed by atoms with E-state index in [-0.39, 0.29) is 11.9 Å². The molecule has 2 bridgehead atoms. The predicted octanol–water partition coefficient (Wildman–Crippen LogP) is 1.67. The van der Waals surface area contributed by atoms with Gasteiger partial charge in [0.15, 0.2) is 11.5 Å². The van der Waals surface area contributed by atoms with Gasteiger partial charge in [0, 0.05) is 17.6 Å². The molecule has 4 heterocycles. The summed E-state index contributed by atoms with van der Waals surface area (Å²) in [5.41, 5.74) is 0.646. The molecule has 3 fully saturated rings. The van der Waals surface area contributed by atoms with Crippen molar-refractivity contribution in [1.29, 1.82) is 0 Å². The molecule has 0 aliphatic carbocycles. The Kier molecular flexibility index (Phi) is 3.45. The van der Waals surface area contributed by atoms with Gasteiger partial charge in [-0.25, -0.2) is 0 Å². The highest BCUT2D eigenvalue weighted by molar-refractivity contribution is 5.95. The van der Waals surface area contributed by atoms with Crippen LogP contribution in [0.15, 0.2) is 18.2 Å². The van der Waals surface area contributed by atoms with Gasteiger partial charge in [-0.3, -0.25) is 9.69 Å². The van der Waals surface area contributed by atoms with Gasteiger partial charge >= 0.3 is 0 Å². The van der Waals surface area contributed by atoms with Crippen LogP contribution in [0.1, 0.15) is 30.1 Å². The highest BCUT2D eigenvalue weighted by atomic mass is 16.6. The van der Waals surface area contributed by atoms with Gasteiger partial charge in [0.05, 0.1) is 0 Å². The average Bonchev–Trinajstić information content (AvgIpc) is 2.58. The van der Waals surface area contributed by atoms with Gasteiger partial charge in [0.2, 0.25) is 0 Å². The van der Waals surface area contributed by atoms with Crippen LogP contribution in [0.25, 0.3) is 0 Å². The molecule has 0 saturated carbocycles. The molecular weight excluding hydrogens is 280 g/mol. The quantitative estimate of drug-likeness (QED) is 0.903. The number of nitrogens with one attached hydrogen (secondary N) is 1. The summed E-state index contributed by atoms with van der Waals surface area (Å²) in [4.78, 5) is 15.1. The van der Waals surface area contributed by atoms with E-state index in [9.17, 15) is 4.79 Å². The number of nitrogens with zero attached hydrogens (tertiary/aromatic N) is 1. The SMILES string of the molecule is C[C@H]1[C@H](NC(=O)c2ccc3c(c2)OCCO3)C2CCN1CC2. The molecule has 0 unspecified atom stereocenters. The first-order valence-electron chi connectivity index (χ1n) is 8.17. The van der Waals surface area contributed by atoms with Crippen LogP contribution in [0.5, 0.6) is 11.5 Å². The highest BCUT2D eigenvalue weighted by Gasteiger charge is 2.40. The van der Waals surface area contributed by atoms with Crippen molar-refractivity contribution >= 4 is 5.91 Å². The molecule has 3 saturated heterocycles. The highest BCUT2D eigenvalue weighted by Crippen LogP contribution is 2.33. The fourth-order valence-electron chi connectivity index (χ4n) is 3.96. The lowest BCUT2D eigenvalue weighted by molar-refractivity contribution is 0.0217. The number of ether oxygens (including phenoxy) is 2. The largest absolute Gasteiger partial charge is 0.486 e. The number of benzene rings is 1. The van der Waals surface area contributed by atoms with Crippen molar-refractivity contribution in [1.82, 2.24) is 10.2 Å². The second kappa shape index (κ2) is 5.47. The zero-order valence-electron chi connectivity index (χ0n) is 12.9. The Labute approximate surface area is 130 Å². The lowest BCUT2D eigenvalue weighted by atomic mass is 9.79. The predicted molar refractivity (Wildman–Crippen MR) is 82.4 cm³/mol. The Morgan fingerprint density at radius 2 is 1.91 bits per heavy atom. The van der Waals surface area contributed by atoms with Crippen molar-refractivity contribution in [2.45, 2.75) is 31.8 Å². The maximum Gasteiger partial charge on any atom is 0.251 e. The minimum absolute atomic E-state index is 0.0115. The van der Waals surface area contributed by atoms with E-state index in [1.165, 1.54) is 25.9 Å². The summed E-state index contributed by atoms with van der Waals surface area (Å²) in [5.74, 6) is 1.99. The van der Waals surface area contributed by atoms with Crippen molar-refractivity contribution in [2.24, 2.45) is 5.92 Å². The van der Waals surface area contributed by atoms with Gasteiger partial charge in [-0.05, 0) is 57.0 Å². The molecule has 5 heteroatoms. The smallest absolute Gasteiger partial charge is 0.251 e. The topological polar surface area (TPSA) is 50.8 Å². The van der Waals surface area contributed by atoms with Crippen molar-refractivity contribution < 1.29 is 14.3 Å². The van der Waals surface area contributed by atoms with Crippen LogP contribution in [0.2, 0.25) is 0 Å². The Morgan fingerprint density at radius 1 is 1.18 bits per heavy atom. The molecule has 22 heavy (non-hydrogen) atoms.